The zero-order chi connectivity index (χ0) is 14.8. The molecule has 1 unspecified atom stereocenters. The number of likely N-dealkylation sites (tertiary alicyclic amines) is 1. The smallest absolute Gasteiger partial charge is 0.233 e. The van der Waals surface area contributed by atoms with Crippen molar-refractivity contribution in [1.29, 1.82) is 0 Å². The summed E-state index contributed by atoms with van der Waals surface area (Å²) in [4.78, 5) is 14.2. The summed E-state index contributed by atoms with van der Waals surface area (Å²) in [5.74, 6) is 1.20. The fourth-order valence-corrected chi connectivity index (χ4v) is 3.29. The highest BCUT2D eigenvalue weighted by Crippen LogP contribution is 2.22. The summed E-state index contributed by atoms with van der Waals surface area (Å²) in [6.07, 6.45) is 2.33. The molecular formula is C13H23N5OS. The fraction of sp³-hybridized carbons (Fsp3) is 0.846. The summed E-state index contributed by atoms with van der Waals surface area (Å²) in [5, 5.41) is 12.4. The van der Waals surface area contributed by atoms with Crippen molar-refractivity contribution in [3.05, 3.63) is 0 Å². The monoisotopic (exact) mass is 297 g/mol. The maximum atomic E-state index is 12.2. The van der Waals surface area contributed by atoms with Gasteiger partial charge in [0.1, 0.15) is 0 Å². The second kappa shape index (κ2) is 6.11. The second-order valence-corrected chi connectivity index (χ2v) is 7.36. The zero-order valence-electron chi connectivity index (χ0n) is 12.7. The first-order valence-electron chi connectivity index (χ1n) is 7.07. The molecule has 1 aliphatic rings. The predicted octanol–water partition coefficient (Wildman–Crippen LogP) is 1.78. The number of thioether (sulfide) groups is 1. The van der Waals surface area contributed by atoms with Gasteiger partial charge in [-0.05, 0) is 50.0 Å². The quantitative estimate of drug-likeness (QED) is 0.796. The lowest BCUT2D eigenvalue weighted by molar-refractivity contribution is -0.130. The molecule has 1 aliphatic heterocycles. The average Bonchev–Trinajstić information content (AvgIpc) is 2.84. The highest BCUT2D eigenvalue weighted by Gasteiger charge is 2.24. The van der Waals surface area contributed by atoms with Crippen molar-refractivity contribution < 1.29 is 4.79 Å². The summed E-state index contributed by atoms with van der Waals surface area (Å²) < 4.78 is 1.77. The zero-order valence-corrected chi connectivity index (χ0v) is 13.5. The van der Waals surface area contributed by atoms with E-state index in [0.717, 1.165) is 19.5 Å². The van der Waals surface area contributed by atoms with E-state index in [1.54, 1.807) is 4.68 Å². The number of piperidine rings is 1. The van der Waals surface area contributed by atoms with Gasteiger partial charge in [-0.1, -0.05) is 18.7 Å². The average molecular weight is 297 g/mol. The lowest BCUT2D eigenvalue weighted by Gasteiger charge is -2.30. The van der Waals surface area contributed by atoms with Gasteiger partial charge in [-0.3, -0.25) is 4.79 Å². The molecule has 6 nitrogen and oxygen atoms in total. The molecule has 0 N–H and O–H groups in total. The molecule has 0 bridgehead atoms. The Kier molecular flexibility index (Phi) is 4.67. The number of rotatable bonds is 3. The number of amides is 1. The van der Waals surface area contributed by atoms with Gasteiger partial charge in [0, 0.05) is 13.1 Å². The van der Waals surface area contributed by atoms with Gasteiger partial charge in [0.05, 0.1) is 11.3 Å². The summed E-state index contributed by atoms with van der Waals surface area (Å²) in [7, 11) is 0. The van der Waals surface area contributed by atoms with Crippen molar-refractivity contribution in [1.82, 2.24) is 25.1 Å². The van der Waals surface area contributed by atoms with Gasteiger partial charge >= 0.3 is 0 Å². The molecular weight excluding hydrogens is 274 g/mol. The predicted molar refractivity (Wildman–Crippen MR) is 78.5 cm³/mol. The fourth-order valence-electron chi connectivity index (χ4n) is 2.32. The summed E-state index contributed by atoms with van der Waals surface area (Å²) in [5.41, 5.74) is -0.172. The van der Waals surface area contributed by atoms with Crippen LogP contribution in [-0.2, 0) is 10.3 Å². The Bertz CT molecular complexity index is 468. The van der Waals surface area contributed by atoms with Crippen molar-refractivity contribution in [2.24, 2.45) is 5.92 Å². The number of hydrogen-bond acceptors (Lipinski definition) is 5. The Balaban J connectivity index is 1.92. The van der Waals surface area contributed by atoms with Crippen LogP contribution in [0.2, 0.25) is 0 Å². The third-order valence-corrected chi connectivity index (χ3v) is 4.31. The number of hydrogen-bond donors (Lipinski definition) is 0. The van der Waals surface area contributed by atoms with Crippen LogP contribution in [0.25, 0.3) is 0 Å². The molecule has 0 aromatic carbocycles. The molecule has 20 heavy (non-hydrogen) atoms. The summed E-state index contributed by atoms with van der Waals surface area (Å²) in [6.45, 7) is 10.1. The van der Waals surface area contributed by atoms with E-state index >= 15 is 0 Å². The third kappa shape index (κ3) is 3.71. The van der Waals surface area contributed by atoms with E-state index in [1.165, 1.54) is 18.2 Å². The molecule has 7 heteroatoms. The van der Waals surface area contributed by atoms with Gasteiger partial charge in [0.25, 0.3) is 0 Å². The largest absolute Gasteiger partial charge is 0.342 e. The van der Waals surface area contributed by atoms with Crippen LogP contribution in [-0.4, -0.2) is 49.9 Å². The van der Waals surface area contributed by atoms with Crippen LogP contribution >= 0.6 is 11.8 Å². The molecule has 0 aliphatic carbocycles. The van der Waals surface area contributed by atoms with Gasteiger partial charge in [0.15, 0.2) is 0 Å². The molecule has 0 saturated carbocycles. The van der Waals surface area contributed by atoms with Crippen LogP contribution in [0.4, 0.5) is 0 Å². The van der Waals surface area contributed by atoms with Crippen LogP contribution in [0, 0.1) is 5.92 Å². The van der Waals surface area contributed by atoms with E-state index in [2.05, 4.69) is 22.4 Å². The second-order valence-electron chi connectivity index (χ2n) is 6.42. The van der Waals surface area contributed by atoms with Crippen molar-refractivity contribution in [3.63, 3.8) is 0 Å². The topological polar surface area (TPSA) is 63.9 Å². The molecule has 1 fully saturated rings. The highest BCUT2D eigenvalue weighted by molar-refractivity contribution is 7.99. The van der Waals surface area contributed by atoms with Crippen molar-refractivity contribution >= 4 is 17.7 Å². The summed E-state index contributed by atoms with van der Waals surface area (Å²) in [6, 6.07) is 0. The SMILES string of the molecule is CC1CCCN(C(=O)CSc2nnnn2C(C)(C)C)C1. The number of carbonyl (C=O) groups is 1. The molecule has 1 saturated heterocycles. The van der Waals surface area contributed by atoms with Crippen LogP contribution in [0.15, 0.2) is 5.16 Å². The van der Waals surface area contributed by atoms with Crippen molar-refractivity contribution in [2.75, 3.05) is 18.8 Å². The number of tetrazole rings is 1. The normalized spacial score (nSPS) is 20.2. The standard InChI is InChI=1S/C13H23N5OS/c1-10-6-5-7-17(8-10)11(19)9-20-12-14-15-16-18(12)13(2,3)4/h10H,5-9H2,1-4H3. The van der Waals surface area contributed by atoms with Gasteiger partial charge in [-0.2, -0.15) is 0 Å². The minimum absolute atomic E-state index is 0.172. The van der Waals surface area contributed by atoms with E-state index in [-0.39, 0.29) is 11.4 Å². The maximum Gasteiger partial charge on any atom is 0.233 e. The van der Waals surface area contributed by atoms with E-state index in [9.17, 15) is 4.79 Å². The Morgan fingerprint density at radius 1 is 1.45 bits per heavy atom. The molecule has 1 aromatic heterocycles. The molecule has 112 valence electrons. The van der Waals surface area contributed by atoms with E-state index < -0.39 is 0 Å². The van der Waals surface area contributed by atoms with E-state index in [1.807, 2.05) is 25.7 Å². The van der Waals surface area contributed by atoms with Crippen molar-refractivity contribution in [2.45, 2.75) is 51.2 Å². The van der Waals surface area contributed by atoms with Gasteiger partial charge < -0.3 is 4.90 Å². The lowest BCUT2D eigenvalue weighted by atomic mass is 10.0. The maximum absolute atomic E-state index is 12.2. The third-order valence-electron chi connectivity index (χ3n) is 3.41. The van der Waals surface area contributed by atoms with Crippen LogP contribution in [0.1, 0.15) is 40.5 Å². The lowest BCUT2D eigenvalue weighted by Crippen LogP contribution is -2.40. The Morgan fingerprint density at radius 2 is 2.20 bits per heavy atom. The van der Waals surface area contributed by atoms with Crippen molar-refractivity contribution in [3.8, 4) is 0 Å². The van der Waals surface area contributed by atoms with Crippen LogP contribution < -0.4 is 0 Å². The van der Waals surface area contributed by atoms with Gasteiger partial charge in [-0.25, -0.2) is 4.68 Å². The molecule has 1 atom stereocenters. The number of aromatic nitrogens is 4. The molecule has 1 amide bonds. The van der Waals surface area contributed by atoms with Crippen LogP contribution in [0.3, 0.4) is 0 Å². The minimum atomic E-state index is -0.172. The highest BCUT2D eigenvalue weighted by atomic mass is 32.2. The Morgan fingerprint density at radius 3 is 2.85 bits per heavy atom. The Hall–Kier alpha value is -1.11. The first-order chi connectivity index (χ1) is 9.38. The number of nitrogens with zero attached hydrogens (tertiary/aromatic N) is 5. The molecule has 2 heterocycles. The molecule has 0 radical (unpaired) electrons. The van der Waals surface area contributed by atoms with Crippen LogP contribution in [0.5, 0.6) is 0 Å². The first-order valence-corrected chi connectivity index (χ1v) is 8.06. The molecule has 0 spiro atoms. The molecule has 1 aromatic rings. The summed E-state index contributed by atoms with van der Waals surface area (Å²) >= 11 is 1.42. The van der Waals surface area contributed by atoms with Gasteiger partial charge in [-0.15, -0.1) is 5.10 Å². The number of carbonyl (C=O) groups excluding carboxylic acids is 1. The van der Waals surface area contributed by atoms with Gasteiger partial charge in [0.2, 0.25) is 11.1 Å². The minimum Gasteiger partial charge on any atom is -0.342 e. The Labute approximate surface area is 124 Å². The van der Waals surface area contributed by atoms with E-state index in [0.29, 0.717) is 16.8 Å². The molecule has 2 rings (SSSR count). The first kappa shape index (κ1) is 15.3. The van der Waals surface area contributed by atoms with E-state index in [4.69, 9.17) is 0 Å².